The lowest BCUT2D eigenvalue weighted by molar-refractivity contribution is -0.146. The second-order valence-corrected chi connectivity index (χ2v) is 6.00. The van der Waals surface area contributed by atoms with Crippen molar-refractivity contribution in [3.8, 4) is 0 Å². The lowest BCUT2D eigenvalue weighted by Crippen LogP contribution is -2.38. The summed E-state index contributed by atoms with van der Waals surface area (Å²) in [6, 6.07) is 4.73. The Labute approximate surface area is 115 Å². The third-order valence-corrected chi connectivity index (χ3v) is 3.41. The summed E-state index contributed by atoms with van der Waals surface area (Å²) in [6.45, 7) is -0.442. The molecule has 0 saturated carbocycles. The summed E-state index contributed by atoms with van der Waals surface area (Å²) in [5, 5.41) is 21.9. The van der Waals surface area contributed by atoms with Crippen molar-refractivity contribution >= 4 is 27.5 Å². The van der Waals surface area contributed by atoms with Crippen LogP contribution in [0.2, 0.25) is 0 Å². The van der Waals surface area contributed by atoms with E-state index in [9.17, 15) is 18.0 Å². The second-order valence-electron chi connectivity index (χ2n) is 3.99. The minimum atomic E-state index is -3.31. The monoisotopic (exact) mass is 302 g/mol. The molecule has 0 aliphatic rings. The molecule has 0 heterocycles. The van der Waals surface area contributed by atoms with E-state index in [0.717, 1.165) is 6.26 Å². The molecule has 4 N–H and O–H groups in total. The summed E-state index contributed by atoms with van der Waals surface area (Å²) in [5.74, 6) is -1.44. The van der Waals surface area contributed by atoms with Crippen molar-refractivity contribution < 1.29 is 28.2 Å². The molecule has 0 saturated heterocycles. The Balaban J connectivity index is 2.57. The van der Waals surface area contributed by atoms with Gasteiger partial charge in [-0.1, -0.05) is 0 Å². The maximum absolute atomic E-state index is 11.4. The molecule has 110 valence electrons. The van der Waals surface area contributed by atoms with E-state index in [2.05, 4.69) is 10.6 Å². The zero-order chi connectivity index (χ0) is 15.3. The van der Waals surface area contributed by atoms with Gasteiger partial charge in [0.05, 0.1) is 11.4 Å². The van der Waals surface area contributed by atoms with Gasteiger partial charge in [0.1, 0.15) is 0 Å². The van der Waals surface area contributed by atoms with Crippen molar-refractivity contribution in [2.24, 2.45) is 0 Å². The lowest BCUT2D eigenvalue weighted by atomic mass is 10.3. The van der Waals surface area contributed by atoms with Gasteiger partial charge in [-0.25, -0.2) is 18.0 Å². The number of anilines is 1. The highest BCUT2D eigenvalue weighted by molar-refractivity contribution is 7.90. The van der Waals surface area contributed by atoms with Crippen LogP contribution in [0.5, 0.6) is 0 Å². The van der Waals surface area contributed by atoms with Gasteiger partial charge in [0.15, 0.2) is 15.9 Å². The van der Waals surface area contributed by atoms with Crippen molar-refractivity contribution in [1.82, 2.24) is 5.32 Å². The topological polar surface area (TPSA) is 133 Å². The summed E-state index contributed by atoms with van der Waals surface area (Å²) in [4.78, 5) is 21.8. The van der Waals surface area contributed by atoms with Crippen molar-refractivity contribution in [2.75, 3.05) is 18.1 Å². The zero-order valence-corrected chi connectivity index (χ0v) is 11.3. The van der Waals surface area contributed by atoms with Gasteiger partial charge in [-0.3, -0.25) is 0 Å². The van der Waals surface area contributed by atoms with E-state index in [1.165, 1.54) is 24.3 Å². The van der Waals surface area contributed by atoms with Crippen molar-refractivity contribution in [3.63, 3.8) is 0 Å². The number of aliphatic carboxylic acids is 1. The van der Waals surface area contributed by atoms with E-state index in [0.29, 0.717) is 5.69 Å². The molecule has 0 spiro atoms. The number of hydrogen-bond acceptors (Lipinski definition) is 5. The SMILES string of the molecule is CS(=O)(=O)c1ccc(NC(=O)NC[C@H](O)C(=O)O)cc1. The maximum Gasteiger partial charge on any atom is 0.334 e. The second kappa shape index (κ2) is 6.35. The molecule has 9 heteroatoms. The van der Waals surface area contributed by atoms with E-state index in [4.69, 9.17) is 10.2 Å². The van der Waals surface area contributed by atoms with Gasteiger partial charge in [-0.05, 0) is 24.3 Å². The normalized spacial score (nSPS) is 12.5. The average Bonchev–Trinajstić information content (AvgIpc) is 2.35. The minimum Gasteiger partial charge on any atom is -0.479 e. The molecule has 0 fully saturated rings. The number of carbonyl (C=O) groups is 2. The summed E-state index contributed by atoms with van der Waals surface area (Å²) in [6.07, 6.45) is -0.622. The standard InChI is InChI=1S/C11H14N2O6S/c1-20(18,19)8-4-2-7(3-5-8)13-11(17)12-6-9(14)10(15)16/h2-5,9,14H,6H2,1H3,(H,15,16)(H2,12,13,17)/t9-/m0/s1. The van der Waals surface area contributed by atoms with Gasteiger partial charge in [0.2, 0.25) is 0 Å². The quantitative estimate of drug-likeness (QED) is 0.588. The Morgan fingerprint density at radius 1 is 1.25 bits per heavy atom. The van der Waals surface area contributed by atoms with E-state index >= 15 is 0 Å². The fraction of sp³-hybridized carbons (Fsp3) is 0.273. The predicted molar refractivity (Wildman–Crippen MR) is 70.2 cm³/mol. The van der Waals surface area contributed by atoms with Gasteiger partial charge in [-0.2, -0.15) is 0 Å². The smallest absolute Gasteiger partial charge is 0.334 e. The molecular weight excluding hydrogens is 288 g/mol. The first-order chi connectivity index (χ1) is 9.20. The third-order valence-electron chi connectivity index (χ3n) is 2.28. The number of aliphatic hydroxyl groups excluding tert-OH is 1. The number of carboxylic acids is 1. The highest BCUT2D eigenvalue weighted by Gasteiger charge is 2.14. The summed E-state index contributed by atoms with van der Waals surface area (Å²) >= 11 is 0. The molecule has 0 aliphatic carbocycles. The van der Waals surface area contributed by atoms with Crippen LogP contribution in [-0.4, -0.2) is 49.5 Å². The van der Waals surface area contributed by atoms with Gasteiger partial charge in [-0.15, -0.1) is 0 Å². The predicted octanol–water partition coefficient (Wildman–Crippen LogP) is -0.343. The molecule has 1 rings (SSSR count). The molecule has 2 amide bonds. The first kappa shape index (κ1) is 15.9. The third kappa shape index (κ3) is 4.86. The number of carboxylic acid groups (broad SMARTS) is 1. The fourth-order valence-electron chi connectivity index (χ4n) is 1.24. The number of urea groups is 1. The average molecular weight is 302 g/mol. The molecule has 1 aromatic carbocycles. The van der Waals surface area contributed by atoms with E-state index in [1.807, 2.05) is 0 Å². The van der Waals surface area contributed by atoms with Crippen LogP contribution in [0.1, 0.15) is 0 Å². The van der Waals surface area contributed by atoms with Crippen LogP contribution in [0.4, 0.5) is 10.5 Å². The van der Waals surface area contributed by atoms with Gasteiger partial charge in [0.25, 0.3) is 0 Å². The molecule has 0 radical (unpaired) electrons. The zero-order valence-electron chi connectivity index (χ0n) is 10.5. The number of aliphatic hydroxyl groups is 1. The Bertz CT molecular complexity index is 596. The molecule has 8 nitrogen and oxygen atoms in total. The number of nitrogens with one attached hydrogen (secondary N) is 2. The molecule has 20 heavy (non-hydrogen) atoms. The molecular formula is C11H14N2O6S. The van der Waals surface area contributed by atoms with E-state index in [1.54, 1.807) is 0 Å². The molecule has 1 atom stereocenters. The van der Waals surface area contributed by atoms with E-state index in [-0.39, 0.29) is 4.90 Å². The molecule has 1 aromatic rings. The van der Waals surface area contributed by atoms with Gasteiger partial charge < -0.3 is 20.8 Å². The number of carbonyl (C=O) groups excluding carboxylic acids is 1. The number of hydrogen-bond donors (Lipinski definition) is 4. The highest BCUT2D eigenvalue weighted by Crippen LogP contribution is 2.13. The number of sulfone groups is 1. The van der Waals surface area contributed by atoms with Crippen LogP contribution in [0.15, 0.2) is 29.2 Å². The van der Waals surface area contributed by atoms with Crippen LogP contribution >= 0.6 is 0 Å². The molecule has 0 aromatic heterocycles. The van der Waals surface area contributed by atoms with Crippen molar-refractivity contribution in [2.45, 2.75) is 11.0 Å². The van der Waals surface area contributed by atoms with Crippen LogP contribution in [0.3, 0.4) is 0 Å². The minimum absolute atomic E-state index is 0.116. The first-order valence-corrected chi connectivity index (χ1v) is 7.35. The first-order valence-electron chi connectivity index (χ1n) is 5.46. The number of rotatable bonds is 5. The Morgan fingerprint density at radius 2 is 1.80 bits per heavy atom. The summed E-state index contributed by atoms with van der Waals surface area (Å²) in [5.41, 5.74) is 0.333. The van der Waals surface area contributed by atoms with E-state index < -0.39 is 34.5 Å². The van der Waals surface area contributed by atoms with Crippen LogP contribution < -0.4 is 10.6 Å². The fourth-order valence-corrected chi connectivity index (χ4v) is 1.87. The van der Waals surface area contributed by atoms with Gasteiger partial charge >= 0.3 is 12.0 Å². The Kier molecular flexibility index (Phi) is 5.06. The number of amides is 2. The maximum atomic E-state index is 11.4. The molecule has 0 bridgehead atoms. The van der Waals surface area contributed by atoms with Crippen LogP contribution in [0, 0.1) is 0 Å². The highest BCUT2D eigenvalue weighted by atomic mass is 32.2. The van der Waals surface area contributed by atoms with Gasteiger partial charge in [0, 0.05) is 11.9 Å². The van der Waals surface area contributed by atoms with Crippen molar-refractivity contribution in [3.05, 3.63) is 24.3 Å². The van der Waals surface area contributed by atoms with Crippen LogP contribution in [-0.2, 0) is 14.6 Å². The lowest BCUT2D eigenvalue weighted by Gasteiger charge is -2.09. The Hall–Kier alpha value is -2.13. The van der Waals surface area contributed by atoms with Crippen LogP contribution in [0.25, 0.3) is 0 Å². The molecule has 0 unspecified atom stereocenters. The Morgan fingerprint density at radius 3 is 2.25 bits per heavy atom. The largest absolute Gasteiger partial charge is 0.479 e. The van der Waals surface area contributed by atoms with Crippen molar-refractivity contribution in [1.29, 1.82) is 0 Å². The summed E-state index contributed by atoms with van der Waals surface area (Å²) in [7, 11) is -3.31. The summed E-state index contributed by atoms with van der Waals surface area (Å²) < 4.78 is 22.4. The number of benzene rings is 1. The molecule has 0 aliphatic heterocycles.